The SMILES string of the molecule is COCCNCC(=O)N1CCc2sccc2[C@@H]1c1ccccc1. The maximum atomic E-state index is 12.7. The Kier molecular flexibility index (Phi) is 5.43. The average molecular weight is 330 g/mol. The number of amides is 1. The van der Waals surface area contributed by atoms with Crippen LogP contribution in [-0.2, 0) is 16.0 Å². The van der Waals surface area contributed by atoms with Crippen LogP contribution in [0.25, 0.3) is 0 Å². The van der Waals surface area contributed by atoms with Crippen LogP contribution in [0.5, 0.6) is 0 Å². The Morgan fingerprint density at radius 1 is 1.35 bits per heavy atom. The lowest BCUT2D eigenvalue weighted by molar-refractivity contribution is -0.132. The number of carbonyl (C=O) groups is 1. The van der Waals surface area contributed by atoms with Crippen molar-refractivity contribution in [2.75, 3.05) is 33.4 Å². The van der Waals surface area contributed by atoms with E-state index < -0.39 is 0 Å². The zero-order valence-electron chi connectivity index (χ0n) is 13.3. The second kappa shape index (κ2) is 7.73. The highest BCUT2D eigenvalue weighted by Crippen LogP contribution is 2.37. The van der Waals surface area contributed by atoms with Crippen LogP contribution < -0.4 is 5.32 Å². The van der Waals surface area contributed by atoms with Gasteiger partial charge in [-0.3, -0.25) is 4.79 Å². The normalized spacial score (nSPS) is 17.1. The topological polar surface area (TPSA) is 41.6 Å². The zero-order chi connectivity index (χ0) is 16.1. The number of fused-ring (bicyclic) bond motifs is 1. The van der Waals surface area contributed by atoms with E-state index in [9.17, 15) is 4.79 Å². The Labute approximate surface area is 141 Å². The molecule has 1 amide bonds. The molecule has 1 aliphatic heterocycles. The molecule has 1 atom stereocenters. The van der Waals surface area contributed by atoms with Gasteiger partial charge in [-0.25, -0.2) is 0 Å². The summed E-state index contributed by atoms with van der Waals surface area (Å²) in [5.41, 5.74) is 2.45. The van der Waals surface area contributed by atoms with E-state index in [-0.39, 0.29) is 11.9 Å². The summed E-state index contributed by atoms with van der Waals surface area (Å²) in [4.78, 5) is 16.1. The van der Waals surface area contributed by atoms with E-state index >= 15 is 0 Å². The fourth-order valence-corrected chi connectivity index (χ4v) is 3.95. The smallest absolute Gasteiger partial charge is 0.237 e. The van der Waals surface area contributed by atoms with Gasteiger partial charge in [-0.05, 0) is 29.0 Å². The first-order valence-electron chi connectivity index (χ1n) is 7.91. The van der Waals surface area contributed by atoms with Crippen LogP contribution in [0.1, 0.15) is 22.0 Å². The fraction of sp³-hybridized carbons (Fsp3) is 0.389. The Hall–Kier alpha value is -1.69. The predicted octanol–water partition coefficient (Wildman–Crippen LogP) is 2.46. The van der Waals surface area contributed by atoms with E-state index in [0.717, 1.165) is 13.0 Å². The monoisotopic (exact) mass is 330 g/mol. The first-order valence-corrected chi connectivity index (χ1v) is 8.79. The summed E-state index contributed by atoms with van der Waals surface area (Å²) in [6.07, 6.45) is 0.945. The van der Waals surface area contributed by atoms with Crippen molar-refractivity contribution < 1.29 is 9.53 Å². The van der Waals surface area contributed by atoms with Crippen LogP contribution in [0, 0.1) is 0 Å². The minimum atomic E-state index is 0.0305. The molecular weight excluding hydrogens is 308 g/mol. The van der Waals surface area contributed by atoms with Crippen LogP contribution in [0.3, 0.4) is 0 Å². The van der Waals surface area contributed by atoms with Gasteiger partial charge in [0.05, 0.1) is 19.2 Å². The Morgan fingerprint density at radius 3 is 2.96 bits per heavy atom. The molecule has 0 bridgehead atoms. The third-order valence-corrected chi connectivity index (χ3v) is 5.16. The van der Waals surface area contributed by atoms with Crippen molar-refractivity contribution in [1.29, 1.82) is 0 Å². The first kappa shape index (κ1) is 16.2. The summed E-state index contributed by atoms with van der Waals surface area (Å²) in [5, 5.41) is 5.29. The van der Waals surface area contributed by atoms with Gasteiger partial charge in [-0.1, -0.05) is 30.3 Å². The van der Waals surface area contributed by atoms with E-state index in [4.69, 9.17) is 4.74 Å². The number of carbonyl (C=O) groups excluding carboxylic acids is 1. The van der Waals surface area contributed by atoms with E-state index in [1.165, 1.54) is 16.0 Å². The van der Waals surface area contributed by atoms with Crippen molar-refractivity contribution in [1.82, 2.24) is 10.2 Å². The molecule has 1 aromatic heterocycles. The van der Waals surface area contributed by atoms with Crippen molar-refractivity contribution >= 4 is 17.2 Å². The number of benzene rings is 1. The standard InChI is InChI=1S/C18H22N2O2S/c1-22-11-9-19-13-17(21)20-10-7-16-15(8-12-23-16)18(20)14-5-3-2-4-6-14/h2-6,8,12,18-19H,7,9-11,13H2,1H3/t18-/m0/s1. The van der Waals surface area contributed by atoms with Crippen molar-refractivity contribution in [2.45, 2.75) is 12.5 Å². The van der Waals surface area contributed by atoms with E-state index in [1.807, 2.05) is 23.1 Å². The lowest BCUT2D eigenvalue weighted by Crippen LogP contribution is -2.44. The van der Waals surface area contributed by atoms with E-state index in [0.29, 0.717) is 19.7 Å². The van der Waals surface area contributed by atoms with E-state index in [2.05, 4.69) is 28.9 Å². The molecule has 5 heteroatoms. The number of hydrogen-bond acceptors (Lipinski definition) is 4. The highest BCUT2D eigenvalue weighted by atomic mass is 32.1. The summed E-state index contributed by atoms with van der Waals surface area (Å²) >= 11 is 1.79. The average Bonchev–Trinajstić information content (AvgIpc) is 3.07. The summed E-state index contributed by atoms with van der Waals surface area (Å²) in [5.74, 6) is 0.145. The van der Waals surface area contributed by atoms with Gasteiger partial charge in [0, 0.05) is 25.1 Å². The molecule has 0 unspecified atom stereocenters. The van der Waals surface area contributed by atoms with Gasteiger partial charge in [0.2, 0.25) is 5.91 Å². The largest absolute Gasteiger partial charge is 0.383 e. The molecule has 3 rings (SSSR count). The van der Waals surface area contributed by atoms with Gasteiger partial charge in [0.25, 0.3) is 0 Å². The molecule has 2 heterocycles. The molecule has 1 aromatic carbocycles. The number of thiophene rings is 1. The molecule has 0 aliphatic carbocycles. The van der Waals surface area contributed by atoms with Crippen LogP contribution in [-0.4, -0.2) is 44.2 Å². The molecule has 1 N–H and O–H groups in total. The van der Waals surface area contributed by atoms with Crippen LogP contribution in [0.15, 0.2) is 41.8 Å². The number of nitrogens with zero attached hydrogens (tertiary/aromatic N) is 1. The maximum absolute atomic E-state index is 12.7. The predicted molar refractivity (Wildman–Crippen MR) is 92.8 cm³/mol. The third kappa shape index (κ3) is 3.63. The van der Waals surface area contributed by atoms with Crippen molar-refractivity contribution in [3.8, 4) is 0 Å². The minimum Gasteiger partial charge on any atom is -0.383 e. The Morgan fingerprint density at radius 2 is 2.17 bits per heavy atom. The molecule has 0 saturated heterocycles. The summed E-state index contributed by atoms with van der Waals surface area (Å²) in [6.45, 7) is 2.43. The minimum absolute atomic E-state index is 0.0305. The molecular formula is C18H22N2O2S. The lowest BCUT2D eigenvalue weighted by atomic mass is 9.93. The third-order valence-electron chi connectivity index (χ3n) is 4.16. The zero-order valence-corrected chi connectivity index (χ0v) is 14.1. The summed E-state index contributed by atoms with van der Waals surface area (Å²) < 4.78 is 5.01. The molecule has 23 heavy (non-hydrogen) atoms. The highest BCUT2D eigenvalue weighted by molar-refractivity contribution is 7.10. The number of methoxy groups -OCH3 is 1. The molecule has 0 spiro atoms. The second-order valence-corrected chi connectivity index (χ2v) is 6.62. The highest BCUT2D eigenvalue weighted by Gasteiger charge is 2.32. The molecule has 1 aliphatic rings. The lowest BCUT2D eigenvalue weighted by Gasteiger charge is -2.36. The van der Waals surface area contributed by atoms with Gasteiger partial charge < -0.3 is 15.0 Å². The number of rotatable bonds is 6. The summed E-state index contributed by atoms with van der Waals surface area (Å²) in [6, 6.07) is 12.5. The fourth-order valence-electron chi connectivity index (χ4n) is 3.05. The molecule has 122 valence electrons. The molecule has 2 aromatic rings. The van der Waals surface area contributed by atoms with Crippen LogP contribution >= 0.6 is 11.3 Å². The number of ether oxygens (including phenoxy) is 1. The van der Waals surface area contributed by atoms with Crippen LogP contribution in [0.2, 0.25) is 0 Å². The first-order chi connectivity index (χ1) is 11.3. The van der Waals surface area contributed by atoms with Crippen molar-refractivity contribution in [3.05, 3.63) is 57.8 Å². The maximum Gasteiger partial charge on any atom is 0.237 e. The van der Waals surface area contributed by atoms with Gasteiger partial charge in [-0.15, -0.1) is 11.3 Å². The van der Waals surface area contributed by atoms with Gasteiger partial charge >= 0.3 is 0 Å². The summed E-state index contributed by atoms with van der Waals surface area (Å²) in [7, 11) is 1.66. The quantitative estimate of drug-likeness (QED) is 0.827. The molecule has 0 fully saturated rings. The van der Waals surface area contributed by atoms with Gasteiger partial charge in [0.1, 0.15) is 0 Å². The Balaban J connectivity index is 1.80. The number of nitrogens with one attached hydrogen (secondary N) is 1. The van der Waals surface area contributed by atoms with Crippen LogP contribution in [0.4, 0.5) is 0 Å². The second-order valence-electron chi connectivity index (χ2n) is 5.62. The van der Waals surface area contributed by atoms with Gasteiger partial charge in [-0.2, -0.15) is 0 Å². The molecule has 0 saturated carbocycles. The number of hydrogen-bond donors (Lipinski definition) is 1. The molecule has 0 radical (unpaired) electrons. The van der Waals surface area contributed by atoms with Crippen molar-refractivity contribution in [2.24, 2.45) is 0 Å². The Bertz CT molecular complexity index is 641. The van der Waals surface area contributed by atoms with E-state index in [1.54, 1.807) is 18.4 Å². The van der Waals surface area contributed by atoms with Crippen molar-refractivity contribution in [3.63, 3.8) is 0 Å². The molecule has 4 nitrogen and oxygen atoms in total. The van der Waals surface area contributed by atoms with Gasteiger partial charge in [0.15, 0.2) is 0 Å².